The van der Waals surface area contributed by atoms with E-state index in [9.17, 15) is 0 Å². The highest BCUT2D eigenvalue weighted by atomic mass is 15.3. The molecule has 1 heterocycles. The summed E-state index contributed by atoms with van der Waals surface area (Å²) in [6.07, 6.45) is 5.66. The van der Waals surface area contributed by atoms with Crippen LogP contribution in [0.2, 0.25) is 0 Å². The first-order valence-electron chi connectivity index (χ1n) is 7.77. The van der Waals surface area contributed by atoms with E-state index in [4.69, 9.17) is 5.73 Å². The van der Waals surface area contributed by atoms with Gasteiger partial charge in [-0.1, -0.05) is 26.7 Å². The first-order chi connectivity index (χ1) is 8.63. The predicted molar refractivity (Wildman–Crippen MR) is 77.6 cm³/mol. The standard InChI is InChI=1S/C15H31N3/c1-12(2)14-6-4-5-7-15(14)18-9-8-17(3)11-13(18)10-16/h12-15H,4-11,16H2,1-3H3. The molecule has 0 amide bonds. The molecule has 0 spiro atoms. The normalized spacial score (nSPS) is 36.2. The molecule has 3 heteroatoms. The third-order valence-corrected chi connectivity index (χ3v) is 5.07. The Hall–Kier alpha value is -0.120. The Morgan fingerprint density at radius 1 is 1.17 bits per heavy atom. The molecule has 0 aromatic rings. The zero-order valence-electron chi connectivity index (χ0n) is 12.4. The first kappa shape index (κ1) is 14.3. The molecule has 0 aromatic carbocycles. The minimum absolute atomic E-state index is 0.577. The van der Waals surface area contributed by atoms with E-state index >= 15 is 0 Å². The lowest BCUT2D eigenvalue weighted by atomic mass is 9.76. The lowest BCUT2D eigenvalue weighted by Gasteiger charge is -2.49. The molecule has 106 valence electrons. The molecule has 1 aliphatic carbocycles. The summed E-state index contributed by atoms with van der Waals surface area (Å²) >= 11 is 0. The summed E-state index contributed by atoms with van der Waals surface area (Å²) in [5, 5.41) is 0. The monoisotopic (exact) mass is 253 g/mol. The van der Waals surface area contributed by atoms with Gasteiger partial charge in [0.15, 0.2) is 0 Å². The second-order valence-electron chi connectivity index (χ2n) is 6.65. The summed E-state index contributed by atoms with van der Waals surface area (Å²) in [5.41, 5.74) is 6.02. The van der Waals surface area contributed by atoms with E-state index < -0.39 is 0 Å². The molecule has 1 saturated heterocycles. The Kier molecular flexibility index (Phi) is 5.05. The van der Waals surface area contributed by atoms with Crippen molar-refractivity contribution in [3.63, 3.8) is 0 Å². The van der Waals surface area contributed by atoms with Crippen molar-refractivity contribution in [1.29, 1.82) is 0 Å². The fraction of sp³-hybridized carbons (Fsp3) is 1.00. The molecule has 3 nitrogen and oxygen atoms in total. The van der Waals surface area contributed by atoms with Gasteiger partial charge in [-0.3, -0.25) is 4.90 Å². The molecule has 0 aromatic heterocycles. The van der Waals surface area contributed by atoms with Gasteiger partial charge in [0.2, 0.25) is 0 Å². The van der Waals surface area contributed by atoms with Crippen molar-refractivity contribution in [2.75, 3.05) is 33.2 Å². The van der Waals surface area contributed by atoms with E-state index in [1.807, 2.05) is 0 Å². The highest BCUT2D eigenvalue weighted by Crippen LogP contribution is 2.35. The maximum Gasteiger partial charge on any atom is 0.0349 e. The molecule has 0 bridgehead atoms. The largest absolute Gasteiger partial charge is 0.329 e. The predicted octanol–water partition coefficient (Wildman–Crippen LogP) is 1.78. The molecule has 1 aliphatic heterocycles. The summed E-state index contributed by atoms with van der Waals surface area (Å²) < 4.78 is 0. The van der Waals surface area contributed by atoms with Crippen molar-refractivity contribution in [2.24, 2.45) is 17.6 Å². The molecule has 0 radical (unpaired) electrons. The third kappa shape index (κ3) is 3.06. The van der Waals surface area contributed by atoms with Crippen molar-refractivity contribution in [1.82, 2.24) is 9.80 Å². The molecule has 18 heavy (non-hydrogen) atoms. The zero-order valence-corrected chi connectivity index (χ0v) is 12.4. The number of piperazine rings is 1. The van der Waals surface area contributed by atoms with Crippen LogP contribution in [0.3, 0.4) is 0 Å². The minimum Gasteiger partial charge on any atom is -0.329 e. The van der Waals surface area contributed by atoms with Crippen molar-refractivity contribution < 1.29 is 0 Å². The van der Waals surface area contributed by atoms with Crippen LogP contribution in [0.5, 0.6) is 0 Å². The fourth-order valence-electron chi connectivity index (χ4n) is 4.00. The maximum absolute atomic E-state index is 6.02. The number of nitrogens with zero attached hydrogens (tertiary/aromatic N) is 2. The molecule has 1 saturated carbocycles. The van der Waals surface area contributed by atoms with Crippen LogP contribution in [0.15, 0.2) is 0 Å². The molecule has 3 atom stereocenters. The first-order valence-corrected chi connectivity index (χ1v) is 7.77. The van der Waals surface area contributed by atoms with Crippen LogP contribution in [-0.2, 0) is 0 Å². The van der Waals surface area contributed by atoms with Crippen LogP contribution < -0.4 is 5.73 Å². The average Bonchev–Trinajstić information content (AvgIpc) is 2.38. The van der Waals surface area contributed by atoms with E-state index in [1.54, 1.807) is 0 Å². The summed E-state index contributed by atoms with van der Waals surface area (Å²) in [5.74, 6) is 1.70. The van der Waals surface area contributed by atoms with Gasteiger partial charge >= 0.3 is 0 Å². The van der Waals surface area contributed by atoms with Gasteiger partial charge in [-0.15, -0.1) is 0 Å². The average molecular weight is 253 g/mol. The Balaban J connectivity index is 2.06. The van der Waals surface area contributed by atoms with Crippen LogP contribution >= 0.6 is 0 Å². The number of rotatable bonds is 3. The summed E-state index contributed by atoms with van der Waals surface area (Å²) in [7, 11) is 2.22. The Bertz CT molecular complexity index is 254. The van der Waals surface area contributed by atoms with Crippen LogP contribution in [0.25, 0.3) is 0 Å². The lowest BCUT2D eigenvalue weighted by molar-refractivity contribution is 0.00354. The zero-order chi connectivity index (χ0) is 13.1. The van der Waals surface area contributed by atoms with E-state index in [2.05, 4.69) is 30.7 Å². The van der Waals surface area contributed by atoms with Crippen molar-refractivity contribution in [2.45, 2.75) is 51.6 Å². The molecule has 3 unspecified atom stereocenters. The van der Waals surface area contributed by atoms with Gasteiger partial charge in [0.1, 0.15) is 0 Å². The van der Waals surface area contributed by atoms with E-state index in [0.717, 1.165) is 31.0 Å². The van der Waals surface area contributed by atoms with Crippen LogP contribution in [0.4, 0.5) is 0 Å². The number of nitrogens with two attached hydrogens (primary N) is 1. The topological polar surface area (TPSA) is 32.5 Å². The molecule has 2 N–H and O–H groups in total. The maximum atomic E-state index is 6.02. The van der Waals surface area contributed by atoms with Crippen molar-refractivity contribution >= 4 is 0 Å². The Morgan fingerprint density at radius 2 is 1.89 bits per heavy atom. The van der Waals surface area contributed by atoms with Crippen LogP contribution in [0, 0.1) is 11.8 Å². The quantitative estimate of drug-likeness (QED) is 0.832. The van der Waals surface area contributed by atoms with Gasteiger partial charge in [0, 0.05) is 38.3 Å². The SMILES string of the molecule is CC(C)C1CCCCC1N1CCN(C)CC1CN. The second kappa shape index (κ2) is 6.36. The molecule has 2 fully saturated rings. The minimum atomic E-state index is 0.577. The Morgan fingerprint density at radius 3 is 2.56 bits per heavy atom. The van der Waals surface area contributed by atoms with Gasteiger partial charge in [0.25, 0.3) is 0 Å². The van der Waals surface area contributed by atoms with Crippen LogP contribution in [0.1, 0.15) is 39.5 Å². The number of likely N-dealkylation sites (N-methyl/N-ethyl adjacent to an activating group) is 1. The van der Waals surface area contributed by atoms with Gasteiger partial charge in [0.05, 0.1) is 0 Å². The van der Waals surface area contributed by atoms with Crippen LogP contribution in [-0.4, -0.2) is 55.1 Å². The summed E-state index contributed by atoms with van der Waals surface area (Å²) in [4.78, 5) is 5.19. The van der Waals surface area contributed by atoms with Gasteiger partial charge in [-0.2, -0.15) is 0 Å². The van der Waals surface area contributed by atoms with Gasteiger partial charge < -0.3 is 10.6 Å². The fourth-order valence-corrected chi connectivity index (χ4v) is 4.00. The molecule has 2 aliphatic rings. The molecular weight excluding hydrogens is 222 g/mol. The smallest absolute Gasteiger partial charge is 0.0349 e. The van der Waals surface area contributed by atoms with Gasteiger partial charge in [-0.05, 0) is 31.7 Å². The van der Waals surface area contributed by atoms with Crippen molar-refractivity contribution in [3.8, 4) is 0 Å². The molecular formula is C15H31N3. The number of hydrogen-bond acceptors (Lipinski definition) is 3. The summed E-state index contributed by atoms with van der Waals surface area (Å²) in [6, 6.07) is 1.37. The van der Waals surface area contributed by atoms with E-state index in [-0.39, 0.29) is 0 Å². The highest BCUT2D eigenvalue weighted by molar-refractivity contribution is 4.92. The Labute approximate surface area is 113 Å². The third-order valence-electron chi connectivity index (χ3n) is 5.07. The molecule has 2 rings (SSSR count). The van der Waals surface area contributed by atoms with Gasteiger partial charge in [-0.25, -0.2) is 0 Å². The van der Waals surface area contributed by atoms with E-state index in [0.29, 0.717) is 6.04 Å². The van der Waals surface area contributed by atoms with E-state index in [1.165, 1.54) is 38.8 Å². The lowest BCUT2D eigenvalue weighted by Crippen LogP contribution is -2.60. The van der Waals surface area contributed by atoms with Crippen molar-refractivity contribution in [3.05, 3.63) is 0 Å². The number of hydrogen-bond donors (Lipinski definition) is 1. The second-order valence-corrected chi connectivity index (χ2v) is 6.65. The highest BCUT2D eigenvalue weighted by Gasteiger charge is 2.36. The summed E-state index contributed by atoms with van der Waals surface area (Å²) in [6.45, 7) is 9.18.